The van der Waals surface area contributed by atoms with E-state index in [2.05, 4.69) is 4.74 Å². The molecule has 68 valence electrons. The minimum atomic E-state index is -0.721. The van der Waals surface area contributed by atoms with Gasteiger partial charge in [-0.3, -0.25) is 4.79 Å². The minimum Gasteiger partial charge on any atom is -0.457 e. The Labute approximate surface area is 71.5 Å². The standard InChI is InChI=1S/C8H13NO3/c1-3-6(2)9-4-5-12-8(11)7(9)10/h6H,3-5H2,1-2H3. The maximum atomic E-state index is 11.2. The predicted octanol–water partition coefficient (Wildman–Crippen LogP) is 0.170. The molecule has 4 nitrogen and oxygen atoms in total. The van der Waals surface area contributed by atoms with E-state index < -0.39 is 11.9 Å². The zero-order valence-corrected chi connectivity index (χ0v) is 7.37. The van der Waals surface area contributed by atoms with Gasteiger partial charge in [-0.05, 0) is 13.3 Å². The first-order valence-electron chi connectivity index (χ1n) is 4.14. The van der Waals surface area contributed by atoms with E-state index in [1.54, 1.807) is 4.90 Å². The molecule has 0 aromatic rings. The van der Waals surface area contributed by atoms with Gasteiger partial charge in [-0.25, -0.2) is 4.79 Å². The Kier molecular flexibility index (Phi) is 2.68. The normalized spacial score (nSPS) is 20.7. The van der Waals surface area contributed by atoms with Crippen LogP contribution in [0.25, 0.3) is 0 Å². The van der Waals surface area contributed by atoms with Crippen molar-refractivity contribution < 1.29 is 14.3 Å². The van der Waals surface area contributed by atoms with Gasteiger partial charge < -0.3 is 9.64 Å². The summed E-state index contributed by atoms with van der Waals surface area (Å²) in [6, 6.07) is 0.130. The van der Waals surface area contributed by atoms with E-state index in [4.69, 9.17) is 0 Å². The fourth-order valence-corrected chi connectivity index (χ4v) is 1.16. The van der Waals surface area contributed by atoms with Gasteiger partial charge in [-0.1, -0.05) is 6.92 Å². The summed E-state index contributed by atoms with van der Waals surface area (Å²) in [6.07, 6.45) is 0.860. The lowest BCUT2D eigenvalue weighted by atomic mass is 10.2. The average molecular weight is 171 g/mol. The summed E-state index contributed by atoms with van der Waals surface area (Å²) >= 11 is 0. The van der Waals surface area contributed by atoms with Gasteiger partial charge in [0.25, 0.3) is 0 Å². The van der Waals surface area contributed by atoms with Crippen LogP contribution in [0.2, 0.25) is 0 Å². The van der Waals surface area contributed by atoms with Crippen LogP contribution in [0, 0.1) is 0 Å². The monoisotopic (exact) mass is 171 g/mol. The van der Waals surface area contributed by atoms with E-state index in [0.717, 1.165) is 6.42 Å². The van der Waals surface area contributed by atoms with Gasteiger partial charge in [0.15, 0.2) is 0 Å². The first-order chi connectivity index (χ1) is 5.66. The van der Waals surface area contributed by atoms with Crippen molar-refractivity contribution in [1.29, 1.82) is 0 Å². The number of morpholine rings is 1. The van der Waals surface area contributed by atoms with Gasteiger partial charge in [0.05, 0.1) is 6.54 Å². The first-order valence-corrected chi connectivity index (χ1v) is 4.14. The van der Waals surface area contributed by atoms with Crippen LogP contribution in [-0.2, 0) is 14.3 Å². The Morgan fingerprint density at radius 3 is 2.83 bits per heavy atom. The molecule has 1 unspecified atom stereocenters. The summed E-state index contributed by atoms with van der Waals surface area (Å²) in [4.78, 5) is 23.5. The Morgan fingerprint density at radius 2 is 2.25 bits per heavy atom. The molecule has 1 saturated heterocycles. The van der Waals surface area contributed by atoms with Gasteiger partial charge >= 0.3 is 11.9 Å². The van der Waals surface area contributed by atoms with E-state index in [0.29, 0.717) is 13.2 Å². The number of carbonyl (C=O) groups excluding carboxylic acids is 2. The molecule has 0 N–H and O–H groups in total. The van der Waals surface area contributed by atoms with E-state index in [9.17, 15) is 9.59 Å². The summed E-state index contributed by atoms with van der Waals surface area (Å²) in [5.74, 6) is -1.22. The molecule has 0 saturated carbocycles. The number of amides is 1. The van der Waals surface area contributed by atoms with Crippen molar-refractivity contribution in [2.75, 3.05) is 13.2 Å². The van der Waals surface area contributed by atoms with Crippen LogP contribution < -0.4 is 0 Å². The smallest absolute Gasteiger partial charge is 0.397 e. The number of carbonyl (C=O) groups is 2. The van der Waals surface area contributed by atoms with Crippen LogP contribution in [0.1, 0.15) is 20.3 Å². The van der Waals surface area contributed by atoms with Crippen molar-refractivity contribution in [3.8, 4) is 0 Å². The molecule has 1 fully saturated rings. The topological polar surface area (TPSA) is 46.6 Å². The van der Waals surface area contributed by atoms with Gasteiger partial charge in [-0.15, -0.1) is 0 Å². The summed E-state index contributed by atoms with van der Waals surface area (Å²) in [5.41, 5.74) is 0. The first kappa shape index (κ1) is 9.03. The largest absolute Gasteiger partial charge is 0.457 e. The summed E-state index contributed by atoms with van der Waals surface area (Å²) < 4.78 is 4.58. The zero-order valence-electron chi connectivity index (χ0n) is 7.37. The highest BCUT2D eigenvalue weighted by atomic mass is 16.5. The number of esters is 1. The molecule has 1 heterocycles. The Morgan fingerprint density at radius 1 is 1.58 bits per heavy atom. The molecule has 0 bridgehead atoms. The zero-order chi connectivity index (χ0) is 9.14. The van der Waals surface area contributed by atoms with Crippen molar-refractivity contribution in [3.63, 3.8) is 0 Å². The van der Waals surface area contributed by atoms with Crippen LogP contribution in [0.4, 0.5) is 0 Å². The average Bonchev–Trinajstić information content (AvgIpc) is 2.08. The number of rotatable bonds is 2. The van der Waals surface area contributed by atoms with Crippen LogP contribution in [-0.4, -0.2) is 36.0 Å². The van der Waals surface area contributed by atoms with Gasteiger partial charge in [0.2, 0.25) is 0 Å². The molecule has 1 atom stereocenters. The number of hydrogen-bond acceptors (Lipinski definition) is 3. The third-order valence-electron chi connectivity index (χ3n) is 2.12. The van der Waals surface area contributed by atoms with Crippen molar-refractivity contribution in [1.82, 2.24) is 4.90 Å². The molecule has 4 heteroatoms. The molecule has 1 rings (SSSR count). The molecule has 0 aromatic carbocycles. The fourth-order valence-electron chi connectivity index (χ4n) is 1.16. The highest BCUT2D eigenvalue weighted by Gasteiger charge is 2.30. The summed E-state index contributed by atoms with van der Waals surface area (Å²) in [7, 11) is 0. The predicted molar refractivity (Wildman–Crippen MR) is 42.4 cm³/mol. The van der Waals surface area contributed by atoms with E-state index in [-0.39, 0.29) is 6.04 Å². The van der Waals surface area contributed by atoms with Crippen LogP contribution >= 0.6 is 0 Å². The maximum Gasteiger partial charge on any atom is 0.397 e. The highest BCUT2D eigenvalue weighted by molar-refractivity contribution is 6.32. The minimum absolute atomic E-state index is 0.130. The number of hydrogen-bond donors (Lipinski definition) is 0. The molecule has 0 spiro atoms. The Bertz CT molecular complexity index is 202. The molecule has 1 aliphatic rings. The second-order valence-electron chi connectivity index (χ2n) is 2.89. The van der Waals surface area contributed by atoms with Crippen LogP contribution in [0.5, 0.6) is 0 Å². The van der Waals surface area contributed by atoms with Gasteiger partial charge in [0.1, 0.15) is 6.61 Å². The molecule has 0 radical (unpaired) electrons. The molecule has 0 aliphatic carbocycles. The molecular formula is C8H13NO3. The molecule has 0 aromatic heterocycles. The van der Waals surface area contributed by atoms with E-state index >= 15 is 0 Å². The quantitative estimate of drug-likeness (QED) is 0.439. The number of ether oxygens (including phenoxy) is 1. The van der Waals surface area contributed by atoms with Crippen LogP contribution in [0.15, 0.2) is 0 Å². The van der Waals surface area contributed by atoms with Gasteiger partial charge in [0, 0.05) is 6.04 Å². The number of cyclic esters (lactones) is 1. The van der Waals surface area contributed by atoms with E-state index in [1.807, 2.05) is 13.8 Å². The summed E-state index contributed by atoms with van der Waals surface area (Å²) in [6.45, 7) is 4.77. The molecule has 1 amide bonds. The maximum absolute atomic E-state index is 11.2. The second kappa shape index (κ2) is 3.56. The lowest BCUT2D eigenvalue weighted by Gasteiger charge is -2.30. The lowest BCUT2D eigenvalue weighted by Crippen LogP contribution is -2.49. The fraction of sp³-hybridized carbons (Fsp3) is 0.750. The van der Waals surface area contributed by atoms with Crippen molar-refractivity contribution >= 4 is 11.9 Å². The Balaban J connectivity index is 2.64. The second-order valence-corrected chi connectivity index (χ2v) is 2.89. The van der Waals surface area contributed by atoms with Gasteiger partial charge in [-0.2, -0.15) is 0 Å². The van der Waals surface area contributed by atoms with Crippen LogP contribution in [0.3, 0.4) is 0 Å². The van der Waals surface area contributed by atoms with E-state index in [1.165, 1.54) is 0 Å². The SMILES string of the molecule is CCC(C)N1CCOC(=O)C1=O. The van der Waals surface area contributed by atoms with Crippen molar-refractivity contribution in [2.24, 2.45) is 0 Å². The molecule has 1 aliphatic heterocycles. The number of nitrogens with zero attached hydrogens (tertiary/aromatic N) is 1. The molecule has 12 heavy (non-hydrogen) atoms. The van der Waals surface area contributed by atoms with Crippen molar-refractivity contribution in [2.45, 2.75) is 26.3 Å². The third kappa shape index (κ3) is 1.57. The molecular weight excluding hydrogens is 158 g/mol. The highest BCUT2D eigenvalue weighted by Crippen LogP contribution is 2.08. The lowest BCUT2D eigenvalue weighted by molar-refractivity contribution is -0.167. The summed E-state index contributed by atoms with van der Waals surface area (Å²) in [5, 5.41) is 0. The van der Waals surface area contributed by atoms with Crippen molar-refractivity contribution in [3.05, 3.63) is 0 Å². The Hall–Kier alpha value is -1.06. The third-order valence-corrected chi connectivity index (χ3v) is 2.12.